The molecule has 0 bridgehead atoms. The minimum atomic E-state index is 0.503. The molecule has 88 valence electrons. The summed E-state index contributed by atoms with van der Waals surface area (Å²) < 4.78 is 0. The second kappa shape index (κ2) is 5.17. The third-order valence-electron chi connectivity index (χ3n) is 2.59. The van der Waals surface area contributed by atoms with Crippen LogP contribution in [0.3, 0.4) is 0 Å². The highest BCUT2D eigenvalue weighted by molar-refractivity contribution is 6.31. The summed E-state index contributed by atoms with van der Waals surface area (Å²) in [5, 5.41) is 3.97. The van der Waals surface area contributed by atoms with Crippen molar-refractivity contribution in [1.82, 2.24) is 4.98 Å². The first-order valence-electron chi connectivity index (χ1n) is 5.38. The lowest BCUT2D eigenvalue weighted by atomic mass is 10.2. The van der Waals surface area contributed by atoms with Crippen LogP contribution in [0.1, 0.15) is 11.1 Å². The molecular formula is C13H14ClN3. The molecule has 4 heteroatoms. The van der Waals surface area contributed by atoms with E-state index in [1.54, 1.807) is 6.20 Å². The third kappa shape index (κ3) is 2.75. The Balaban J connectivity index is 2.22. The Bertz CT molecular complexity index is 509. The molecule has 1 aromatic heterocycles. The van der Waals surface area contributed by atoms with E-state index < -0.39 is 0 Å². The number of pyridine rings is 1. The van der Waals surface area contributed by atoms with Gasteiger partial charge in [0.1, 0.15) is 5.82 Å². The first-order chi connectivity index (χ1) is 8.20. The Kier molecular flexibility index (Phi) is 3.61. The van der Waals surface area contributed by atoms with Gasteiger partial charge in [0.25, 0.3) is 0 Å². The Morgan fingerprint density at radius 1 is 1.29 bits per heavy atom. The Hall–Kier alpha value is -1.58. The zero-order valence-electron chi connectivity index (χ0n) is 9.57. The van der Waals surface area contributed by atoms with E-state index in [9.17, 15) is 0 Å². The van der Waals surface area contributed by atoms with Crippen molar-refractivity contribution in [2.75, 3.05) is 5.32 Å². The van der Waals surface area contributed by atoms with Crippen LogP contribution in [0.25, 0.3) is 0 Å². The van der Waals surface area contributed by atoms with Gasteiger partial charge in [0.15, 0.2) is 0 Å². The van der Waals surface area contributed by atoms with Crippen molar-refractivity contribution in [3.8, 4) is 0 Å². The van der Waals surface area contributed by atoms with Gasteiger partial charge in [-0.25, -0.2) is 4.98 Å². The second-order valence-electron chi connectivity index (χ2n) is 3.79. The van der Waals surface area contributed by atoms with E-state index in [0.29, 0.717) is 6.54 Å². The van der Waals surface area contributed by atoms with E-state index in [-0.39, 0.29) is 0 Å². The Morgan fingerprint density at radius 3 is 2.76 bits per heavy atom. The van der Waals surface area contributed by atoms with Crippen LogP contribution in [0.4, 0.5) is 11.5 Å². The SMILES string of the molecule is Cc1c(Cl)cccc1Nc1ccc(CN)cn1. The molecule has 3 N–H and O–H groups in total. The van der Waals surface area contributed by atoms with E-state index in [1.165, 1.54) is 0 Å². The summed E-state index contributed by atoms with van der Waals surface area (Å²) in [5.74, 6) is 0.785. The number of benzene rings is 1. The van der Waals surface area contributed by atoms with Crippen molar-refractivity contribution in [3.63, 3.8) is 0 Å². The summed E-state index contributed by atoms with van der Waals surface area (Å²) >= 11 is 6.05. The fraction of sp³-hybridized carbons (Fsp3) is 0.154. The molecule has 2 aromatic rings. The van der Waals surface area contributed by atoms with Crippen molar-refractivity contribution in [1.29, 1.82) is 0 Å². The van der Waals surface area contributed by atoms with Crippen molar-refractivity contribution < 1.29 is 0 Å². The summed E-state index contributed by atoms with van der Waals surface area (Å²) in [4.78, 5) is 4.28. The first kappa shape index (κ1) is 11.9. The van der Waals surface area contributed by atoms with Gasteiger partial charge in [-0.3, -0.25) is 0 Å². The fourth-order valence-electron chi connectivity index (χ4n) is 1.50. The normalized spacial score (nSPS) is 10.3. The molecule has 0 unspecified atom stereocenters. The number of nitrogens with one attached hydrogen (secondary N) is 1. The van der Waals surface area contributed by atoms with Crippen molar-refractivity contribution in [2.24, 2.45) is 5.73 Å². The van der Waals surface area contributed by atoms with E-state index >= 15 is 0 Å². The molecule has 0 radical (unpaired) electrons. The lowest BCUT2D eigenvalue weighted by molar-refractivity contribution is 1.05. The molecule has 0 amide bonds. The Labute approximate surface area is 106 Å². The van der Waals surface area contributed by atoms with Gasteiger partial charge < -0.3 is 11.1 Å². The van der Waals surface area contributed by atoms with Gasteiger partial charge in [0.05, 0.1) is 0 Å². The van der Waals surface area contributed by atoms with E-state index in [0.717, 1.165) is 27.7 Å². The number of anilines is 2. The molecule has 3 nitrogen and oxygen atoms in total. The van der Waals surface area contributed by atoms with Gasteiger partial charge in [0, 0.05) is 23.5 Å². The summed E-state index contributed by atoms with van der Waals surface area (Å²) in [5.41, 5.74) is 8.51. The van der Waals surface area contributed by atoms with Gasteiger partial charge in [-0.1, -0.05) is 23.7 Å². The largest absolute Gasteiger partial charge is 0.340 e. The molecular weight excluding hydrogens is 234 g/mol. The van der Waals surface area contributed by atoms with Crippen molar-refractivity contribution in [2.45, 2.75) is 13.5 Å². The van der Waals surface area contributed by atoms with Crippen LogP contribution in [0.2, 0.25) is 5.02 Å². The molecule has 0 aliphatic carbocycles. The number of nitrogens with two attached hydrogens (primary N) is 1. The van der Waals surface area contributed by atoms with Gasteiger partial charge >= 0.3 is 0 Å². The maximum absolute atomic E-state index is 6.05. The highest BCUT2D eigenvalue weighted by Gasteiger charge is 2.02. The van der Waals surface area contributed by atoms with Gasteiger partial charge in [-0.05, 0) is 36.2 Å². The minimum absolute atomic E-state index is 0.503. The summed E-state index contributed by atoms with van der Waals surface area (Å²) in [6, 6.07) is 9.61. The molecule has 0 aliphatic heterocycles. The van der Waals surface area contributed by atoms with Crippen LogP contribution in [0.5, 0.6) is 0 Å². The fourth-order valence-corrected chi connectivity index (χ4v) is 1.67. The van der Waals surface area contributed by atoms with E-state index in [1.807, 2.05) is 37.3 Å². The van der Waals surface area contributed by atoms with Crippen LogP contribution in [0.15, 0.2) is 36.5 Å². The van der Waals surface area contributed by atoms with E-state index in [2.05, 4.69) is 10.3 Å². The maximum Gasteiger partial charge on any atom is 0.130 e. The average Bonchev–Trinajstić information content (AvgIpc) is 2.36. The van der Waals surface area contributed by atoms with Crippen LogP contribution < -0.4 is 11.1 Å². The maximum atomic E-state index is 6.05. The van der Waals surface area contributed by atoms with Crippen molar-refractivity contribution in [3.05, 3.63) is 52.7 Å². The monoisotopic (exact) mass is 247 g/mol. The van der Waals surface area contributed by atoms with Crippen LogP contribution >= 0.6 is 11.6 Å². The Morgan fingerprint density at radius 2 is 2.12 bits per heavy atom. The lowest BCUT2D eigenvalue weighted by Crippen LogP contribution is -1.99. The number of aromatic nitrogens is 1. The van der Waals surface area contributed by atoms with E-state index in [4.69, 9.17) is 17.3 Å². The number of nitrogens with zero attached hydrogens (tertiary/aromatic N) is 1. The van der Waals surface area contributed by atoms with Gasteiger partial charge in [0.2, 0.25) is 0 Å². The number of hydrogen-bond donors (Lipinski definition) is 2. The number of rotatable bonds is 3. The van der Waals surface area contributed by atoms with Crippen LogP contribution in [0, 0.1) is 6.92 Å². The summed E-state index contributed by atoms with van der Waals surface area (Å²) in [7, 11) is 0. The molecule has 2 rings (SSSR count). The van der Waals surface area contributed by atoms with Crippen LogP contribution in [-0.4, -0.2) is 4.98 Å². The summed E-state index contributed by atoms with van der Waals surface area (Å²) in [6.07, 6.45) is 1.77. The third-order valence-corrected chi connectivity index (χ3v) is 3.00. The second-order valence-corrected chi connectivity index (χ2v) is 4.20. The first-order valence-corrected chi connectivity index (χ1v) is 5.75. The number of halogens is 1. The summed E-state index contributed by atoms with van der Waals surface area (Å²) in [6.45, 7) is 2.47. The highest BCUT2D eigenvalue weighted by Crippen LogP contribution is 2.25. The molecule has 1 aromatic carbocycles. The smallest absolute Gasteiger partial charge is 0.130 e. The number of hydrogen-bond acceptors (Lipinski definition) is 3. The van der Waals surface area contributed by atoms with Gasteiger partial charge in [-0.2, -0.15) is 0 Å². The predicted octanol–water partition coefficient (Wildman–Crippen LogP) is 3.25. The predicted molar refractivity (Wildman–Crippen MR) is 71.6 cm³/mol. The molecule has 17 heavy (non-hydrogen) atoms. The molecule has 1 heterocycles. The zero-order chi connectivity index (χ0) is 12.3. The molecule has 0 saturated heterocycles. The zero-order valence-corrected chi connectivity index (χ0v) is 10.3. The van der Waals surface area contributed by atoms with Crippen LogP contribution in [-0.2, 0) is 6.54 Å². The molecule has 0 saturated carbocycles. The highest BCUT2D eigenvalue weighted by atomic mass is 35.5. The standard InChI is InChI=1S/C13H14ClN3/c1-9-11(14)3-2-4-12(9)17-13-6-5-10(7-15)8-16-13/h2-6,8H,7,15H2,1H3,(H,16,17). The molecule has 0 atom stereocenters. The molecule has 0 aliphatic rings. The minimum Gasteiger partial charge on any atom is -0.340 e. The quantitative estimate of drug-likeness (QED) is 0.876. The van der Waals surface area contributed by atoms with Gasteiger partial charge in [-0.15, -0.1) is 0 Å². The molecule has 0 spiro atoms. The topological polar surface area (TPSA) is 50.9 Å². The van der Waals surface area contributed by atoms with Crippen molar-refractivity contribution >= 4 is 23.1 Å². The lowest BCUT2D eigenvalue weighted by Gasteiger charge is -2.10. The average molecular weight is 248 g/mol. The molecule has 0 fully saturated rings.